The third-order valence-electron chi connectivity index (χ3n) is 5.15. The second-order valence-electron chi connectivity index (χ2n) is 7.56. The first-order valence-corrected chi connectivity index (χ1v) is 9.81. The summed E-state index contributed by atoms with van der Waals surface area (Å²) in [5.41, 5.74) is 2.44. The molecule has 1 saturated heterocycles. The molecule has 1 aliphatic heterocycles. The zero-order chi connectivity index (χ0) is 18.4. The summed E-state index contributed by atoms with van der Waals surface area (Å²) in [6.45, 7) is 11.8. The Morgan fingerprint density at radius 1 is 1.15 bits per heavy atom. The van der Waals surface area contributed by atoms with Gasteiger partial charge in [-0.2, -0.15) is 0 Å². The van der Waals surface area contributed by atoms with Gasteiger partial charge in [-0.3, -0.25) is 14.8 Å². The number of rotatable bonds is 8. The molecule has 5 heteroatoms. The molecule has 0 radical (unpaired) electrons. The molecule has 1 atom stereocenters. The molecule has 2 aromatic rings. The lowest BCUT2D eigenvalue weighted by Gasteiger charge is -2.30. The van der Waals surface area contributed by atoms with Crippen LogP contribution in [0.1, 0.15) is 56.5 Å². The van der Waals surface area contributed by atoms with E-state index in [1.165, 1.54) is 30.5 Å². The van der Waals surface area contributed by atoms with Gasteiger partial charge in [-0.25, -0.2) is 9.97 Å². The Labute approximate surface area is 157 Å². The van der Waals surface area contributed by atoms with Crippen LogP contribution in [-0.4, -0.2) is 50.4 Å². The van der Waals surface area contributed by atoms with E-state index in [1.807, 2.05) is 30.9 Å². The van der Waals surface area contributed by atoms with Gasteiger partial charge in [0.15, 0.2) is 0 Å². The highest BCUT2D eigenvalue weighted by atomic mass is 15.2. The molecule has 0 unspecified atom stereocenters. The van der Waals surface area contributed by atoms with Crippen LogP contribution in [0.15, 0.2) is 36.9 Å². The van der Waals surface area contributed by atoms with E-state index in [-0.39, 0.29) is 0 Å². The second-order valence-corrected chi connectivity index (χ2v) is 7.56. The van der Waals surface area contributed by atoms with Crippen LogP contribution < -0.4 is 0 Å². The first-order valence-electron chi connectivity index (χ1n) is 9.81. The van der Waals surface area contributed by atoms with Crippen molar-refractivity contribution in [2.75, 3.05) is 19.6 Å². The van der Waals surface area contributed by atoms with Gasteiger partial charge in [0, 0.05) is 61.9 Å². The van der Waals surface area contributed by atoms with Gasteiger partial charge in [0.2, 0.25) is 0 Å². The van der Waals surface area contributed by atoms with Crippen molar-refractivity contribution in [3.63, 3.8) is 0 Å². The third kappa shape index (κ3) is 5.08. The average molecular weight is 354 g/mol. The number of hydrogen-bond acceptors (Lipinski definition) is 5. The summed E-state index contributed by atoms with van der Waals surface area (Å²) in [4.78, 5) is 18.5. The Balaban J connectivity index is 1.71. The van der Waals surface area contributed by atoms with Crippen molar-refractivity contribution in [1.29, 1.82) is 0 Å². The van der Waals surface area contributed by atoms with Gasteiger partial charge >= 0.3 is 0 Å². The molecular weight excluding hydrogens is 322 g/mol. The highest BCUT2D eigenvalue weighted by molar-refractivity contribution is 5.11. The average Bonchev–Trinajstić information content (AvgIpc) is 3.10. The minimum absolute atomic E-state index is 0.368. The Morgan fingerprint density at radius 2 is 1.92 bits per heavy atom. The standard InChI is InChI=1S/C21H31N5/c1-4-26-10-6-8-20(26)16-25(14-18-7-5-9-22-11-18)15-19-12-23-21(17(2)3)24-13-19/h5,7,9,11-13,17,20H,4,6,8,10,14-16H2,1-3H3/t20-/m0/s1. The molecule has 0 bridgehead atoms. The van der Waals surface area contributed by atoms with Gasteiger partial charge in [0.05, 0.1) is 0 Å². The number of likely N-dealkylation sites (tertiary alicyclic amines) is 1. The van der Waals surface area contributed by atoms with Crippen LogP contribution >= 0.6 is 0 Å². The second kappa shape index (κ2) is 9.19. The van der Waals surface area contributed by atoms with Crippen molar-refractivity contribution in [3.05, 3.63) is 53.9 Å². The number of hydrogen-bond donors (Lipinski definition) is 0. The minimum Gasteiger partial charge on any atom is -0.299 e. The van der Waals surface area contributed by atoms with Crippen molar-refractivity contribution in [1.82, 2.24) is 24.8 Å². The summed E-state index contributed by atoms with van der Waals surface area (Å²) in [5.74, 6) is 1.28. The van der Waals surface area contributed by atoms with Gasteiger partial charge < -0.3 is 0 Å². The lowest BCUT2D eigenvalue weighted by atomic mass is 10.1. The van der Waals surface area contributed by atoms with Crippen molar-refractivity contribution >= 4 is 0 Å². The maximum atomic E-state index is 4.54. The molecule has 1 fully saturated rings. The molecule has 0 aromatic carbocycles. The maximum Gasteiger partial charge on any atom is 0.130 e. The van der Waals surface area contributed by atoms with Crippen molar-refractivity contribution in [2.45, 2.75) is 58.7 Å². The summed E-state index contributed by atoms with van der Waals surface area (Å²) in [5, 5.41) is 0. The topological polar surface area (TPSA) is 45.2 Å². The van der Waals surface area contributed by atoms with Crippen LogP contribution in [0.3, 0.4) is 0 Å². The van der Waals surface area contributed by atoms with Gasteiger partial charge in [-0.05, 0) is 37.6 Å². The molecule has 1 aliphatic rings. The molecular formula is C21H31N5. The Bertz CT molecular complexity index is 656. The first kappa shape index (κ1) is 18.9. The van der Waals surface area contributed by atoms with E-state index in [4.69, 9.17) is 0 Å². The van der Waals surface area contributed by atoms with E-state index in [1.54, 1.807) is 0 Å². The lowest BCUT2D eigenvalue weighted by molar-refractivity contribution is 0.165. The molecule has 0 saturated carbocycles. The van der Waals surface area contributed by atoms with Crippen LogP contribution in [0.5, 0.6) is 0 Å². The fourth-order valence-electron chi connectivity index (χ4n) is 3.75. The quantitative estimate of drug-likeness (QED) is 0.727. The zero-order valence-electron chi connectivity index (χ0n) is 16.3. The van der Waals surface area contributed by atoms with Crippen LogP contribution in [0.4, 0.5) is 0 Å². The smallest absolute Gasteiger partial charge is 0.130 e. The molecule has 3 heterocycles. The van der Waals surface area contributed by atoms with Crippen molar-refractivity contribution < 1.29 is 0 Å². The summed E-state index contributed by atoms with van der Waals surface area (Å²) in [6.07, 6.45) is 10.4. The number of pyridine rings is 1. The molecule has 0 amide bonds. The van der Waals surface area contributed by atoms with E-state index >= 15 is 0 Å². The fraction of sp³-hybridized carbons (Fsp3) is 0.571. The highest BCUT2D eigenvalue weighted by Gasteiger charge is 2.25. The number of likely N-dealkylation sites (N-methyl/N-ethyl adjacent to an activating group) is 1. The highest BCUT2D eigenvalue weighted by Crippen LogP contribution is 2.20. The summed E-state index contributed by atoms with van der Waals surface area (Å²) in [7, 11) is 0. The fourth-order valence-corrected chi connectivity index (χ4v) is 3.75. The monoisotopic (exact) mass is 353 g/mol. The summed E-state index contributed by atoms with van der Waals surface area (Å²) >= 11 is 0. The normalized spacial score (nSPS) is 18.1. The Morgan fingerprint density at radius 3 is 2.58 bits per heavy atom. The Hall–Kier alpha value is -1.85. The largest absolute Gasteiger partial charge is 0.299 e. The van der Waals surface area contributed by atoms with E-state index < -0.39 is 0 Å². The summed E-state index contributed by atoms with van der Waals surface area (Å²) in [6, 6.07) is 4.82. The maximum absolute atomic E-state index is 4.54. The van der Waals surface area contributed by atoms with E-state index in [9.17, 15) is 0 Å². The predicted octanol–water partition coefficient (Wildman–Crippen LogP) is 3.48. The van der Waals surface area contributed by atoms with E-state index in [0.717, 1.165) is 32.0 Å². The van der Waals surface area contributed by atoms with Crippen molar-refractivity contribution in [2.24, 2.45) is 0 Å². The molecule has 0 N–H and O–H groups in total. The Kier molecular flexibility index (Phi) is 6.69. The molecule has 0 spiro atoms. The minimum atomic E-state index is 0.368. The molecule has 2 aromatic heterocycles. The molecule has 140 valence electrons. The number of nitrogens with zero attached hydrogens (tertiary/aromatic N) is 5. The molecule has 0 aliphatic carbocycles. The van der Waals surface area contributed by atoms with E-state index in [0.29, 0.717) is 12.0 Å². The first-order chi connectivity index (χ1) is 12.7. The van der Waals surface area contributed by atoms with Gasteiger partial charge in [-0.1, -0.05) is 26.8 Å². The third-order valence-corrected chi connectivity index (χ3v) is 5.15. The predicted molar refractivity (Wildman–Crippen MR) is 105 cm³/mol. The van der Waals surface area contributed by atoms with Crippen LogP contribution in [0.2, 0.25) is 0 Å². The number of aromatic nitrogens is 3. The van der Waals surface area contributed by atoms with Crippen LogP contribution in [0, 0.1) is 0 Å². The lowest BCUT2D eigenvalue weighted by Crippen LogP contribution is -2.39. The van der Waals surface area contributed by atoms with Crippen LogP contribution in [-0.2, 0) is 13.1 Å². The molecule has 5 nitrogen and oxygen atoms in total. The SMILES string of the molecule is CCN1CCC[C@H]1CN(Cc1cccnc1)Cc1cnc(C(C)C)nc1. The molecule has 3 rings (SSSR count). The molecule has 26 heavy (non-hydrogen) atoms. The van der Waals surface area contributed by atoms with Gasteiger partial charge in [0.1, 0.15) is 5.82 Å². The van der Waals surface area contributed by atoms with Crippen LogP contribution in [0.25, 0.3) is 0 Å². The zero-order valence-corrected chi connectivity index (χ0v) is 16.3. The summed E-state index contributed by atoms with van der Waals surface area (Å²) < 4.78 is 0. The van der Waals surface area contributed by atoms with Gasteiger partial charge in [0.25, 0.3) is 0 Å². The van der Waals surface area contributed by atoms with Crippen molar-refractivity contribution in [3.8, 4) is 0 Å². The van der Waals surface area contributed by atoms with Gasteiger partial charge in [-0.15, -0.1) is 0 Å². The van der Waals surface area contributed by atoms with E-state index in [2.05, 4.69) is 51.6 Å².